The zero-order valence-electron chi connectivity index (χ0n) is 12.0. The van der Waals surface area contributed by atoms with Gasteiger partial charge in [-0.2, -0.15) is 5.26 Å². The van der Waals surface area contributed by atoms with E-state index < -0.39 is 0 Å². The Bertz CT molecular complexity index is 347. The number of rotatable bonds is 4. The SMILES string of the molecule is CCC1(C(=O)NC2CCN(CC#N)CC2)CCCC1. The van der Waals surface area contributed by atoms with E-state index in [9.17, 15) is 4.79 Å². The number of likely N-dealkylation sites (tertiary alicyclic amines) is 1. The molecule has 0 aromatic heterocycles. The number of carbonyl (C=O) groups is 1. The van der Waals surface area contributed by atoms with Crippen molar-refractivity contribution >= 4 is 5.91 Å². The van der Waals surface area contributed by atoms with Gasteiger partial charge in [0, 0.05) is 24.5 Å². The van der Waals surface area contributed by atoms with E-state index in [1.54, 1.807) is 0 Å². The van der Waals surface area contributed by atoms with Crippen LogP contribution in [0.25, 0.3) is 0 Å². The second-order valence-corrected chi connectivity index (χ2v) is 6.02. The predicted octanol–water partition coefficient (Wildman–Crippen LogP) is 2.06. The Labute approximate surface area is 116 Å². The molecule has 1 heterocycles. The van der Waals surface area contributed by atoms with E-state index in [0.717, 1.165) is 45.2 Å². The molecule has 1 aliphatic heterocycles. The summed E-state index contributed by atoms with van der Waals surface area (Å²) in [6, 6.07) is 2.50. The lowest BCUT2D eigenvalue weighted by Gasteiger charge is -2.34. The number of hydrogen-bond donors (Lipinski definition) is 1. The molecule has 1 amide bonds. The number of nitrogens with zero attached hydrogens (tertiary/aromatic N) is 2. The maximum Gasteiger partial charge on any atom is 0.226 e. The van der Waals surface area contributed by atoms with Crippen molar-refractivity contribution < 1.29 is 4.79 Å². The van der Waals surface area contributed by atoms with Gasteiger partial charge in [-0.25, -0.2) is 0 Å². The quantitative estimate of drug-likeness (QED) is 0.790. The van der Waals surface area contributed by atoms with Crippen LogP contribution in [0, 0.1) is 16.7 Å². The topological polar surface area (TPSA) is 56.1 Å². The molecule has 2 aliphatic rings. The number of hydrogen-bond acceptors (Lipinski definition) is 3. The van der Waals surface area contributed by atoms with E-state index in [4.69, 9.17) is 5.26 Å². The number of nitriles is 1. The first-order valence-electron chi connectivity index (χ1n) is 7.60. The smallest absolute Gasteiger partial charge is 0.226 e. The maximum absolute atomic E-state index is 12.5. The summed E-state index contributed by atoms with van der Waals surface area (Å²) in [7, 11) is 0. The van der Waals surface area contributed by atoms with E-state index in [0.29, 0.717) is 12.6 Å². The van der Waals surface area contributed by atoms with Crippen molar-refractivity contribution in [1.82, 2.24) is 10.2 Å². The van der Waals surface area contributed by atoms with E-state index in [-0.39, 0.29) is 11.3 Å². The van der Waals surface area contributed by atoms with Gasteiger partial charge in [-0.1, -0.05) is 19.8 Å². The summed E-state index contributed by atoms with van der Waals surface area (Å²) in [4.78, 5) is 14.7. The number of piperidine rings is 1. The molecular formula is C15H25N3O. The second-order valence-electron chi connectivity index (χ2n) is 6.02. The minimum absolute atomic E-state index is 0.0796. The van der Waals surface area contributed by atoms with Crippen molar-refractivity contribution in [3.8, 4) is 6.07 Å². The van der Waals surface area contributed by atoms with Crippen LogP contribution in [-0.2, 0) is 4.79 Å². The van der Waals surface area contributed by atoms with Gasteiger partial charge in [0.1, 0.15) is 0 Å². The van der Waals surface area contributed by atoms with Crippen LogP contribution in [0.3, 0.4) is 0 Å². The summed E-state index contributed by atoms with van der Waals surface area (Å²) in [5.41, 5.74) is -0.0796. The van der Waals surface area contributed by atoms with Crippen LogP contribution in [0.2, 0.25) is 0 Å². The first-order chi connectivity index (χ1) is 9.20. The molecule has 4 nitrogen and oxygen atoms in total. The van der Waals surface area contributed by atoms with Crippen molar-refractivity contribution in [1.29, 1.82) is 5.26 Å². The Balaban J connectivity index is 1.82. The fourth-order valence-corrected chi connectivity index (χ4v) is 3.47. The monoisotopic (exact) mass is 263 g/mol. The maximum atomic E-state index is 12.5. The van der Waals surface area contributed by atoms with Crippen molar-refractivity contribution in [2.45, 2.75) is 57.9 Å². The summed E-state index contributed by atoms with van der Waals surface area (Å²) in [6.45, 7) is 4.51. The molecule has 1 saturated carbocycles. The third kappa shape index (κ3) is 3.27. The molecule has 0 unspecified atom stereocenters. The Kier molecular flexibility index (Phi) is 4.81. The van der Waals surface area contributed by atoms with Crippen LogP contribution in [0.4, 0.5) is 0 Å². The van der Waals surface area contributed by atoms with E-state index in [2.05, 4.69) is 23.2 Å². The lowest BCUT2D eigenvalue weighted by atomic mass is 9.82. The zero-order chi connectivity index (χ0) is 13.7. The highest BCUT2D eigenvalue weighted by atomic mass is 16.2. The van der Waals surface area contributed by atoms with Crippen LogP contribution in [0.15, 0.2) is 0 Å². The predicted molar refractivity (Wildman–Crippen MR) is 74.4 cm³/mol. The number of amides is 1. The normalized spacial score (nSPS) is 24.0. The second kappa shape index (κ2) is 6.38. The summed E-state index contributed by atoms with van der Waals surface area (Å²) in [5.74, 6) is 0.284. The Morgan fingerprint density at radius 2 is 2.00 bits per heavy atom. The van der Waals surface area contributed by atoms with Crippen molar-refractivity contribution in [3.63, 3.8) is 0 Å². The zero-order valence-corrected chi connectivity index (χ0v) is 12.0. The lowest BCUT2D eigenvalue weighted by Crippen LogP contribution is -2.49. The van der Waals surface area contributed by atoms with Gasteiger partial charge >= 0.3 is 0 Å². The summed E-state index contributed by atoms with van der Waals surface area (Å²) < 4.78 is 0. The minimum atomic E-state index is -0.0796. The number of nitrogens with one attached hydrogen (secondary N) is 1. The molecule has 0 radical (unpaired) electrons. The van der Waals surface area contributed by atoms with Crippen LogP contribution < -0.4 is 5.32 Å². The summed E-state index contributed by atoms with van der Waals surface area (Å²) in [6.07, 6.45) is 7.43. The molecule has 2 fully saturated rings. The highest BCUT2D eigenvalue weighted by Gasteiger charge is 2.40. The highest BCUT2D eigenvalue weighted by Crippen LogP contribution is 2.41. The molecule has 0 atom stereocenters. The molecule has 0 aromatic carbocycles. The molecule has 0 spiro atoms. The van der Waals surface area contributed by atoms with Gasteiger partial charge in [-0.15, -0.1) is 0 Å². The Hall–Kier alpha value is -1.08. The van der Waals surface area contributed by atoms with E-state index in [1.165, 1.54) is 12.8 Å². The van der Waals surface area contributed by atoms with Gasteiger partial charge < -0.3 is 5.32 Å². The minimum Gasteiger partial charge on any atom is -0.353 e. The third-order valence-electron chi connectivity index (χ3n) is 4.94. The summed E-state index contributed by atoms with van der Waals surface area (Å²) in [5, 5.41) is 11.9. The molecule has 1 saturated heterocycles. The third-order valence-corrected chi connectivity index (χ3v) is 4.94. The van der Waals surface area contributed by atoms with Gasteiger partial charge in [-0.05, 0) is 32.1 Å². The summed E-state index contributed by atoms with van der Waals surface area (Å²) >= 11 is 0. The van der Waals surface area contributed by atoms with Crippen molar-refractivity contribution in [2.24, 2.45) is 5.41 Å². The Morgan fingerprint density at radius 3 is 2.53 bits per heavy atom. The highest BCUT2D eigenvalue weighted by molar-refractivity contribution is 5.83. The van der Waals surface area contributed by atoms with Gasteiger partial charge in [0.25, 0.3) is 0 Å². The molecule has 0 bridgehead atoms. The van der Waals surface area contributed by atoms with E-state index in [1.807, 2.05) is 0 Å². The van der Waals surface area contributed by atoms with Crippen LogP contribution in [-0.4, -0.2) is 36.5 Å². The van der Waals surface area contributed by atoms with Crippen LogP contribution >= 0.6 is 0 Å². The average Bonchev–Trinajstić information content (AvgIpc) is 2.91. The van der Waals surface area contributed by atoms with Gasteiger partial charge in [0.2, 0.25) is 5.91 Å². The standard InChI is InChI=1S/C15H25N3O/c1-2-15(7-3-4-8-15)14(19)17-13-5-10-18(11-6-13)12-9-16/h13H,2-8,10-12H2,1H3,(H,17,19). The molecule has 1 N–H and O–H groups in total. The van der Waals surface area contributed by atoms with Gasteiger partial charge in [0.15, 0.2) is 0 Å². The number of carbonyl (C=O) groups excluding carboxylic acids is 1. The largest absolute Gasteiger partial charge is 0.353 e. The molecule has 106 valence electrons. The molecule has 0 aromatic rings. The van der Waals surface area contributed by atoms with E-state index >= 15 is 0 Å². The van der Waals surface area contributed by atoms with Crippen LogP contribution in [0.5, 0.6) is 0 Å². The molecule has 19 heavy (non-hydrogen) atoms. The lowest BCUT2D eigenvalue weighted by molar-refractivity contribution is -0.132. The van der Waals surface area contributed by atoms with Crippen molar-refractivity contribution in [3.05, 3.63) is 0 Å². The van der Waals surface area contributed by atoms with Crippen molar-refractivity contribution in [2.75, 3.05) is 19.6 Å². The molecule has 2 rings (SSSR count). The fourth-order valence-electron chi connectivity index (χ4n) is 3.47. The fraction of sp³-hybridized carbons (Fsp3) is 0.867. The average molecular weight is 263 g/mol. The molecule has 1 aliphatic carbocycles. The van der Waals surface area contributed by atoms with Crippen LogP contribution in [0.1, 0.15) is 51.9 Å². The molecular weight excluding hydrogens is 238 g/mol. The van der Waals surface area contributed by atoms with Gasteiger partial charge in [-0.3, -0.25) is 9.69 Å². The first kappa shape index (κ1) is 14.3. The molecule has 4 heteroatoms. The van der Waals surface area contributed by atoms with Gasteiger partial charge in [0.05, 0.1) is 12.6 Å². The Morgan fingerprint density at radius 1 is 1.37 bits per heavy atom. The first-order valence-corrected chi connectivity index (χ1v) is 7.60.